The van der Waals surface area contributed by atoms with Crippen molar-refractivity contribution in [3.8, 4) is 0 Å². The van der Waals surface area contributed by atoms with E-state index in [0.717, 1.165) is 17.1 Å². The Morgan fingerprint density at radius 3 is 2.54 bits per heavy atom. The third-order valence-electron chi connectivity index (χ3n) is 7.05. The zero-order valence-electron chi connectivity index (χ0n) is 23.2. The maximum absolute atomic E-state index is 13.6. The highest BCUT2D eigenvalue weighted by atomic mass is 32.2. The lowest BCUT2D eigenvalue weighted by Gasteiger charge is -2.30. The first-order chi connectivity index (χ1) is 18.1. The lowest BCUT2D eigenvalue weighted by atomic mass is 10.0. The van der Waals surface area contributed by atoms with Gasteiger partial charge >= 0.3 is 16.3 Å². The van der Waals surface area contributed by atoms with Gasteiger partial charge in [-0.15, -0.1) is 0 Å². The van der Waals surface area contributed by atoms with Gasteiger partial charge in [0.1, 0.15) is 23.2 Å². The predicted octanol–water partition coefficient (Wildman–Crippen LogP) is 0.159. The van der Waals surface area contributed by atoms with E-state index in [2.05, 4.69) is 10.6 Å². The average Bonchev–Trinajstić information content (AvgIpc) is 3.35. The molecular weight excluding hydrogens is 530 g/mol. The highest BCUT2D eigenvalue weighted by Gasteiger charge is 2.61. The van der Waals surface area contributed by atoms with Gasteiger partial charge in [0.05, 0.1) is 6.10 Å². The minimum absolute atomic E-state index is 0.0646. The fraction of sp³-hybridized carbons (Fsp3) is 0.760. The monoisotopic (exact) mass is 571 g/mol. The highest BCUT2D eigenvalue weighted by molar-refractivity contribution is 7.87. The Hall–Kier alpha value is -2.71. The molecular formula is C25H41N5O8S. The summed E-state index contributed by atoms with van der Waals surface area (Å²) in [5, 5.41) is 15.7. The molecule has 1 saturated carbocycles. The van der Waals surface area contributed by atoms with Crippen LogP contribution >= 0.6 is 0 Å². The summed E-state index contributed by atoms with van der Waals surface area (Å²) >= 11 is 0. The molecule has 0 bridgehead atoms. The SMILES string of the molecule is CN(C)S(=O)(=O)NC(=O)[C@@]12CC1/C=C\CCCCC[C@H](NC(=O)OC(C)(C)C)C(=O)N1C[C@H](O)C[C@H]1C(=O)N2. The molecule has 0 spiro atoms. The van der Waals surface area contributed by atoms with Gasteiger partial charge < -0.3 is 25.4 Å². The number of nitrogens with zero attached hydrogens (tertiary/aromatic N) is 2. The molecule has 1 unspecified atom stereocenters. The number of ether oxygens (including phenoxy) is 1. The minimum atomic E-state index is -4.11. The van der Waals surface area contributed by atoms with Crippen molar-refractivity contribution >= 4 is 34.0 Å². The van der Waals surface area contributed by atoms with Crippen molar-refractivity contribution in [2.45, 2.75) is 95.0 Å². The number of aliphatic hydroxyl groups is 1. The van der Waals surface area contributed by atoms with E-state index < -0.39 is 69.3 Å². The molecule has 2 fully saturated rings. The molecule has 220 valence electrons. The van der Waals surface area contributed by atoms with Crippen molar-refractivity contribution in [1.82, 2.24) is 24.6 Å². The Morgan fingerprint density at radius 1 is 1.21 bits per heavy atom. The molecule has 0 aromatic heterocycles. The topological polar surface area (TPSA) is 174 Å². The number of carbonyl (C=O) groups is 4. The van der Waals surface area contributed by atoms with Crippen LogP contribution in [0.1, 0.15) is 65.7 Å². The average molecular weight is 572 g/mol. The molecule has 14 heteroatoms. The van der Waals surface area contributed by atoms with E-state index in [1.807, 2.05) is 10.8 Å². The van der Waals surface area contributed by atoms with Gasteiger partial charge in [0.2, 0.25) is 11.8 Å². The number of nitrogens with one attached hydrogen (secondary N) is 3. The van der Waals surface area contributed by atoms with Gasteiger partial charge in [0.25, 0.3) is 5.91 Å². The Balaban J connectivity index is 1.88. The Morgan fingerprint density at radius 2 is 1.90 bits per heavy atom. The van der Waals surface area contributed by atoms with Crippen LogP contribution in [0.3, 0.4) is 0 Å². The van der Waals surface area contributed by atoms with Gasteiger partial charge in [0, 0.05) is 33.0 Å². The molecule has 1 saturated heterocycles. The number of amides is 4. The third kappa shape index (κ3) is 7.70. The molecule has 3 aliphatic rings. The second-order valence-electron chi connectivity index (χ2n) is 11.7. The number of alkyl carbamates (subject to hydrolysis) is 1. The fourth-order valence-electron chi connectivity index (χ4n) is 4.85. The summed E-state index contributed by atoms with van der Waals surface area (Å²) in [5.74, 6) is -2.52. The summed E-state index contributed by atoms with van der Waals surface area (Å²) in [6.07, 6.45) is 5.29. The van der Waals surface area contributed by atoms with E-state index in [0.29, 0.717) is 19.3 Å². The van der Waals surface area contributed by atoms with Crippen molar-refractivity contribution in [1.29, 1.82) is 0 Å². The normalized spacial score (nSPS) is 31.2. The summed E-state index contributed by atoms with van der Waals surface area (Å²) in [4.78, 5) is 54.0. The summed E-state index contributed by atoms with van der Waals surface area (Å²) in [7, 11) is -1.56. The number of hydrogen-bond donors (Lipinski definition) is 4. The van der Waals surface area contributed by atoms with Gasteiger partial charge in [-0.25, -0.2) is 9.52 Å². The summed E-state index contributed by atoms with van der Waals surface area (Å²) < 4.78 is 32.9. The Bertz CT molecular complexity index is 1100. The van der Waals surface area contributed by atoms with Crippen molar-refractivity contribution in [3.05, 3.63) is 12.2 Å². The van der Waals surface area contributed by atoms with E-state index in [1.54, 1.807) is 26.8 Å². The lowest BCUT2D eigenvalue weighted by molar-refractivity contribution is -0.141. The zero-order valence-corrected chi connectivity index (χ0v) is 24.0. The van der Waals surface area contributed by atoms with Crippen LogP contribution in [-0.4, -0.2) is 96.5 Å². The smallest absolute Gasteiger partial charge is 0.408 e. The van der Waals surface area contributed by atoms with Crippen LogP contribution < -0.4 is 15.4 Å². The molecule has 3 rings (SSSR count). The number of fused-ring (bicyclic) bond motifs is 2. The molecule has 5 atom stereocenters. The molecule has 1 aliphatic carbocycles. The molecule has 2 heterocycles. The van der Waals surface area contributed by atoms with Crippen molar-refractivity contribution in [3.63, 3.8) is 0 Å². The third-order valence-corrected chi connectivity index (χ3v) is 8.46. The summed E-state index contributed by atoms with van der Waals surface area (Å²) in [6.45, 7) is 4.99. The zero-order chi connectivity index (χ0) is 29.2. The first-order valence-corrected chi connectivity index (χ1v) is 14.7. The number of hydrogen-bond acceptors (Lipinski definition) is 8. The lowest BCUT2D eigenvalue weighted by Crippen LogP contribution is -2.58. The number of rotatable bonds is 4. The molecule has 13 nitrogen and oxygen atoms in total. The van der Waals surface area contributed by atoms with Crippen LogP contribution in [0, 0.1) is 5.92 Å². The standard InChI is InChI=1S/C25H41N5O8S/c1-24(2,3)38-23(35)26-18-12-10-8-6-7-9-11-16-14-25(16,22(34)28-39(36,37)29(4)5)27-20(32)19-13-17(31)15-30(19)21(18)33/h9,11,16-19,31H,6-8,10,12-15H2,1-5H3,(H,26,35)(H,27,32)(H,28,34)/b11-9-/t16?,17-,18+,19+,25-/m1/s1. The minimum Gasteiger partial charge on any atom is -0.444 e. The predicted molar refractivity (Wildman–Crippen MR) is 141 cm³/mol. The van der Waals surface area contributed by atoms with Gasteiger partial charge in [-0.05, 0) is 46.5 Å². The quantitative estimate of drug-likeness (QED) is 0.345. The van der Waals surface area contributed by atoms with Gasteiger partial charge in [-0.1, -0.05) is 25.0 Å². The molecule has 39 heavy (non-hydrogen) atoms. The maximum Gasteiger partial charge on any atom is 0.408 e. The van der Waals surface area contributed by atoms with Crippen LogP contribution in [0.25, 0.3) is 0 Å². The highest BCUT2D eigenvalue weighted by Crippen LogP contribution is 2.45. The molecule has 0 aromatic rings. The van der Waals surface area contributed by atoms with E-state index >= 15 is 0 Å². The molecule has 2 aliphatic heterocycles. The Labute approximate surface area is 229 Å². The molecule has 0 aromatic carbocycles. The van der Waals surface area contributed by atoms with Crippen LogP contribution in [0.4, 0.5) is 4.79 Å². The maximum atomic E-state index is 13.6. The van der Waals surface area contributed by atoms with E-state index in [9.17, 15) is 32.7 Å². The first-order valence-electron chi connectivity index (χ1n) is 13.3. The van der Waals surface area contributed by atoms with Gasteiger partial charge in [0.15, 0.2) is 0 Å². The molecule has 0 radical (unpaired) electrons. The number of aliphatic hydroxyl groups excluding tert-OH is 1. The van der Waals surface area contributed by atoms with Crippen molar-refractivity contribution < 1.29 is 37.4 Å². The second-order valence-corrected chi connectivity index (χ2v) is 13.5. The van der Waals surface area contributed by atoms with E-state index in [-0.39, 0.29) is 19.4 Å². The van der Waals surface area contributed by atoms with E-state index in [1.165, 1.54) is 19.0 Å². The second kappa shape index (κ2) is 11.8. The number of allylic oxidation sites excluding steroid dienone is 1. The molecule has 4 amide bonds. The first kappa shape index (κ1) is 30.8. The van der Waals surface area contributed by atoms with Crippen LogP contribution in [0.2, 0.25) is 0 Å². The van der Waals surface area contributed by atoms with Crippen LogP contribution in [0.5, 0.6) is 0 Å². The largest absolute Gasteiger partial charge is 0.444 e. The van der Waals surface area contributed by atoms with E-state index in [4.69, 9.17) is 4.74 Å². The van der Waals surface area contributed by atoms with Crippen molar-refractivity contribution in [2.24, 2.45) is 5.92 Å². The fourth-order valence-corrected chi connectivity index (χ4v) is 5.44. The summed E-state index contributed by atoms with van der Waals surface area (Å²) in [6, 6.07) is -2.08. The van der Waals surface area contributed by atoms with Crippen molar-refractivity contribution in [2.75, 3.05) is 20.6 Å². The van der Waals surface area contributed by atoms with Gasteiger partial charge in [-0.2, -0.15) is 12.7 Å². The van der Waals surface area contributed by atoms with Crippen LogP contribution in [-0.2, 0) is 29.3 Å². The summed E-state index contributed by atoms with van der Waals surface area (Å²) in [5.41, 5.74) is -2.28. The van der Waals surface area contributed by atoms with Gasteiger partial charge in [-0.3, -0.25) is 14.4 Å². The molecule has 4 N–H and O–H groups in total. The Kier molecular flexibility index (Phi) is 9.33. The van der Waals surface area contributed by atoms with Crippen LogP contribution in [0.15, 0.2) is 12.2 Å². The number of carbonyl (C=O) groups excluding carboxylic acids is 4.